The summed E-state index contributed by atoms with van der Waals surface area (Å²) in [6.07, 6.45) is 1.48. The van der Waals surface area contributed by atoms with Gasteiger partial charge in [-0.25, -0.2) is 4.79 Å². The minimum atomic E-state index is -0.339. The number of hydrogen-bond donors (Lipinski definition) is 1. The Hall–Kier alpha value is -1.78. The van der Waals surface area contributed by atoms with Gasteiger partial charge < -0.3 is 14.6 Å². The topological polar surface area (TPSA) is 60.3 Å². The second kappa shape index (κ2) is 4.96. The highest BCUT2D eigenvalue weighted by Crippen LogP contribution is 2.29. The normalized spacial score (nSPS) is 17.1. The molecule has 0 aromatic carbocycles. The fourth-order valence-corrected chi connectivity index (χ4v) is 2.75. The first-order valence-electron chi connectivity index (χ1n) is 6.96. The maximum Gasteiger partial charge on any atom is 0.340 e. The van der Waals surface area contributed by atoms with Crippen LogP contribution in [0.3, 0.4) is 0 Å². The van der Waals surface area contributed by atoms with E-state index in [-0.39, 0.29) is 17.4 Å². The van der Waals surface area contributed by atoms with Gasteiger partial charge in [0.2, 0.25) is 0 Å². The third-order valence-corrected chi connectivity index (χ3v) is 3.93. The molecule has 0 radical (unpaired) electrons. The van der Waals surface area contributed by atoms with Gasteiger partial charge in [-0.1, -0.05) is 0 Å². The molecule has 0 saturated heterocycles. The molecule has 2 heterocycles. The number of amides is 1. The van der Waals surface area contributed by atoms with Gasteiger partial charge in [0.15, 0.2) is 0 Å². The van der Waals surface area contributed by atoms with Crippen molar-refractivity contribution in [2.45, 2.75) is 46.1 Å². The van der Waals surface area contributed by atoms with Gasteiger partial charge >= 0.3 is 5.97 Å². The van der Waals surface area contributed by atoms with E-state index in [2.05, 4.69) is 5.32 Å². The second-order valence-corrected chi connectivity index (χ2v) is 5.91. The van der Waals surface area contributed by atoms with Crippen molar-refractivity contribution < 1.29 is 14.3 Å². The molecule has 110 valence electrons. The summed E-state index contributed by atoms with van der Waals surface area (Å²) in [5.41, 5.74) is 2.46. The summed E-state index contributed by atoms with van der Waals surface area (Å²) in [7, 11) is 1.81. The number of carbonyl (C=O) groups is 2. The van der Waals surface area contributed by atoms with Crippen molar-refractivity contribution >= 4 is 11.9 Å². The van der Waals surface area contributed by atoms with Crippen molar-refractivity contribution in [1.82, 2.24) is 9.88 Å². The number of nitrogens with one attached hydrogen (secondary N) is 1. The van der Waals surface area contributed by atoms with Crippen LogP contribution in [0.15, 0.2) is 0 Å². The molecular formula is C15H22N2O3. The van der Waals surface area contributed by atoms with Crippen LogP contribution in [0.2, 0.25) is 0 Å². The third kappa shape index (κ3) is 2.32. The zero-order valence-electron chi connectivity index (χ0n) is 12.8. The highest BCUT2D eigenvalue weighted by molar-refractivity contribution is 6.01. The van der Waals surface area contributed by atoms with Crippen LogP contribution < -0.4 is 5.32 Å². The Bertz CT molecular complexity index is 570. The van der Waals surface area contributed by atoms with E-state index in [1.807, 2.05) is 27.8 Å². The Balaban J connectivity index is 2.57. The molecule has 1 aromatic heterocycles. The molecule has 2 rings (SSSR count). The van der Waals surface area contributed by atoms with E-state index in [1.54, 1.807) is 11.5 Å². The van der Waals surface area contributed by atoms with E-state index in [0.717, 1.165) is 17.7 Å². The van der Waals surface area contributed by atoms with E-state index in [1.165, 1.54) is 0 Å². The number of nitrogens with zero attached hydrogens (tertiary/aromatic N) is 1. The first-order chi connectivity index (χ1) is 9.28. The molecule has 0 saturated carbocycles. The van der Waals surface area contributed by atoms with Gasteiger partial charge in [0, 0.05) is 18.3 Å². The van der Waals surface area contributed by atoms with Crippen LogP contribution in [0, 0.1) is 6.92 Å². The van der Waals surface area contributed by atoms with Gasteiger partial charge in [-0.2, -0.15) is 0 Å². The minimum Gasteiger partial charge on any atom is -0.462 e. The molecule has 1 amide bonds. The molecule has 0 spiro atoms. The van der Waals surface area contributed by atoms with Gasteiger partial charge in [-0.15, -0.1) is 0 Å². The molecule has 1 aliphatic rings. The average Bonchev–Trinajstić information content (AvgIpc) is 2.51. The molecule has 1 aromatic rings. The molecule has 5 nitrogen and oxygen atoms in total. The van der Waals surface area contributed by atoms with Crippen molar-refractivity contribution in [3.63, 3.8) is 0 Å². The quantitative estimate of drug-likeness (QED) is 0.841. The largest absolute Gasteiger partial charge is 0.462 e. The van der Waals surface area contributed by atoms with Gasteiger partial charge in [-0.3, -0.25) is 4.79 Å². The molecule has 0 fully saturated rings. The summed E-state index contributed by atoms with van der Waals surface area (Å²) >= 11 is 0. The summed E-state index contributed by atoms with van der Waals surface area (Å²) in [6, 6.07) is 0. The van der Waals surface area contributed by atoms with Crippen LogP contribution in [0.4, 0.5) is 0 Å². The molecule has 0 atom stereocenters. The Labute approximate surface area is 119 Å². The summed E-state index contributed by atoms with van der Waals surface area (Å²) in [4.78, 5) is 24.6. The number of fused-ring (bicyclic) bond motifs is 1. The molecule has 1 N–H and O–H groups in total. The number of carbonyl (C=O) groups excluding carboxylic acids is 2. The Morgan fingerprint density at radius 3 is 2.70 bits per heavy atom. The highest BCUT2D eigenvalue weighted by atomic mass is 16.5. The lowest BCUT2D eigenvalue weighted by Gasteiger charge is -2.23. The zero-order chi connectivity index (χ0) is 15.1. The number of ether oxygens (including phenoxy) is 1. The molecule has 5 heteroatoms. The van der Waals surface area contributed by atoms with E-state index in [4.69, 9.17) is 4.74 Å². The highest BCUT2D eigenvalue weighted by Gasteiger charge is 2.34. The fraction of sp³-hybridized carbons (Fsp3) is 0.600. The smallest absolute Gasteiger partial charge is 0.340 e. The van der Waals surface area contributed by atoms with E-state index in [0.29, 0.717) is 24.3 Å². The van der Waals surface area contributed by atoms with Crippen LogP contribution in [0.1, 0.15) is 59.3 Å². The van der Waals surface area contributed by atoms with Crippen LogP contribution in [0.25, 0.3) is 0 Å². The Morgan fingerprint density at radius 1 is 1.45 bits per heavy atom. The maximum atomic E-state index is 12.4. The number of hydrogen-bond acceptors (Lipinski definition) is 3. The van der Waals surface area contributed by atoms with E-state index < -0.39 is 0 Å². The van der Waals surface area contributed by atoms with Gasteiger partial charge in [-0.05, 0) is 46.1 Å². The Morgan fingerprint density at radius 2 is 2.10 bits per heavy atom. The molecule has 20 heavy (non-hydrogen) atoms. The molecular weight excluding hydrogens is 256 g/mol. The van der Waals surface area contributed by atoms with Crippen molar-refractivity contribution in [2.24, 2.45) is 7.05 Å². The van der Waals surface area contributed by atoms with Gasteiger partial charge in [0.1, 0.15) is 5.69 Å². The van der Waals surface area contributed by atoms with Crippen LogP contribution in [-0.2, 0) is 18.2 Å². The van der Waals surface area contributed by atoms with Crippen LogP contribution in [0.5, 0.6) is 0 Å². The number of esters is 1. The lowest BCUT2D eigenvalue weighted by Crippen LogP contribution is -2.42. The monoisotopic (exact) mass is 278 g/mol. The zero-order valence-corrected chi connectivity index (χ0v) is 12.8. The summed E-state index contributed by atoms with van der Waals surface area (Å²) in [6.45, 7) is 7.95. The molecule has 0 aliphatic carbocycles. The lowest BCUT2D eigenvalue weighted by molar-refractivity contribution is 0.0524. The first-order valence-corrected chi connectivity index (χ1v) is 6.96. The lowest BCUT2D eigenvalue weighted by atomic mass is 9.96. The van der Waals surface area contributed by atoms with E-state index in [9.17, 15) is 9.59 Å². The molecule has 0 unspecified atom stereocenters. The Kier molecular flexibility index (Phi) is 3.63. The van der Waals surface area contributed by atoms with Gasteiger partial charge in [0.05, 0.1) is 12.2 Å². The summed E-state index contributed by atoms with van der Waals surface area (Å²) in [5.74, 6) is -0.460. The van der Waals surface area contributed by atoms with Gasteiger partial charge in [0.25, 0.3) is 5.91 Å². The number of aromatic nitrogens is 1. The standard InChI is InChI=1S/C15H22N2O3/c1-6-20-14(19)11-9(2)17(5)12-10(11)7-8-15(3,4)16-13(12)18/h6-8H2,1-5H3,(H,16,18). The van der Waals surface area contributed by atoms with Crippen LogP contribution >= 0.6 is 0 Å². The first kappa shape index (κ1) is 14.6. The molecule has 0 bridgehead atoms. The van der Waals surface area contributed by atoms with E-state index >= 15 is 0 Å². The predicted molar refractivity (Wildman–Crippen MR) is 76.0 cm³/mol. The fourth-order valence-electron chi connectivity index (χ4n) is 2.75. The SMILES string of the molecule is CCOC(=O)c1c2c(n(C)c1C)C(=O)NC(C)(C)CC2. The van der Waals surface area contributed by atoms with Crippen molar-refractivity contribution in [3.8, 4) is 0 Å². The van der Waals surface area contributed by atoms with Crippen molar-refractivity contribution in [2.75, 3.05) is 6.61 Å². The third-order valence-electron chi connectivity index (χ3n) is 3.93. The average molecular weight is 278 g/mol. The van der Waals surface area contributed by atoms with Crippen molar-refractivity contribution in [3.05, 3.63) is 22.5 Å². The number of rotatable bonds is 2. The minimum absolute atomic E-state index is 0.122. The predicted octanol–water partition coefficient (Wildman–Crippen LogP) is 1.96. The second-order valence-electron chi connectivity index (χ2n) is 5.91. The van der Waals surface area contributed by atoms with Crippen LogP contribution in [-0.4, -0.2) is 28.6 Å². The maximum absolute atomic E-state index is 12.4. The summed E-state index contributed by atoms with van der Waals surface area (Å²) < 4.78 is 6.92. The summed E-state index contributed by atoms with van der Waals surface area (Å²) in [5, 5.41) is 3.01. The van der Waals surface area contributed by atoms with Crippen molar-refractivity contribution in [1.29, 1.82) is 0 Å². The molecule has 1 aliphatic heterocycles.